The van der Waals surface area contributed by atoms with Gasteiger partial charge in [0.25, 0.3) is 11.8 Å². The zero-order chi connectivity index (χ0) is 23.5. The lowest BCUT2D eigenvalue weighted by Gasteiger charge is -2.28. The predicted molar refractivity (Wildman–Crippen MR) is 123 cm³/mol. The van der Waals surface area contributed by atoms with Crippen molar-refractivity contribution in [1.82, 2.24) is 21.1 Å². The number of nitrogens with two attached hydrogens (primary N) is 1. The van der Waals surface area contributed by atoms with E-state index in [0.29, 0.717) is 43.5 Å². The number of nitrogens with zero attached hydrogens (tertiary/aromatic N) is 2. The second kappa shape index (κ2) is 12.3. The molecule has 0 spiro atoms. The van der Waals surface area contributed by atoms with Crippen LogP contribution in [0.2, 0.25) is 0 Å². The van der Waals surface area contributed by atoms with Gasteiger partial charge in [-0.2, -0.15) is 5.53 Å². The minimum Gasteiger partial charge on any atom is -0.396 e. The van der Waals surface area contributed by atoms with Gasteiger partial charge in [0.1, 0.15) is 6.34 Å². The van der Waals surface area contributed by atoms with E-state index in [-0.39, 0.29) is 29.6 Å². The molecule has 1 heterocycles. The highest BCUT2D eigenvalue weighted by Crippen LogP contribution is 2.19. The average Bonchev–Trinajstić information content (AvgIpc) is 2.80. The minimum atomic E-state index is -0.483. The number of hydrogen-bond acceptors (Lipinski definition) is 8. The van der Waals surface area contributed by atoms with Gasteiger partial charge in [0, 0.05) is 37.5 Å². The highest BCUT2D eigenvalue weighted by molar-refractivity contribution is 6.13. The Morgan fingerprint density at radius 2 is 2.16 bits per heavy atom. The molecule has 172 valence electrons. The highest BCUT2D eigenvalue weighted by Gasteiger charge is 2.27. The van der Waals surface area contributed by atoms with Crippen LogP contribution < -0.4 is 27.0 Å². The summed E-state index contributed by atoms with van der Waals surface area (Å²) in [5.41, 5.74) is 3.85. The van der Waals surface area contributed by atoms with E-state index in [2.05, 4.69) is 16.2 Å². The van der Waals surface area contributed by atoms with Crippen LogP contribution in [0.25, 0.3) is 0 Å². The molecule has 0 saturated carbocycles. The summed E-state index contributed by atoms with van der Waals surface area (Å²) in [7, 11) is 1.63. The molecule has 2 amide bonds. The van der Waals surface area contributed by atoms with Gasteiger partial charge in [0.05, 0.1) is 11.4 Å². The lowest BCUT2D eigenvalue weighted by atomic mass is 10.0. The lowest BCUT2D eigenvalue weighted by molar-refractivity contribution is -0.124. The molecular formula is C21H30N8O3. The number of amides is 2. The van der Waals surface area contributed by atoms with E-state index in [1.54, 1.807) is 25.2 Å². The van der Waals surface area contributed by atoms with Crippen molar-refractivity contribution in [3.05, 3.63) is 53.4 Å². The van der Waals surface area contributed by atoms with E-state index >= 15 is 0 Å². The van der Waals surface area contributed by atoms with Gasteiger partial charge >= 0.3 is 0 Å². The molecule has 0 fully saturated rings. The van der Waals surface area contributed by atoms with Gasteiger partial charge in [0.15, 0.2) is 5.84 Å². The zero-order valence-corrected chi connectivity index (χ0v) is 18.0. The number of hydrogen-bond donors (Lipinski definition) is 7. The normalized spacial score (nSPS) is 14.0. The second-order valence-electron chi connectivity index (χ2n) is 6.98. The number of hydrazine groups is 2. The number of rotatable bonds is 11. The second-order valence-corrected chi connectivity index (χ2v) is 6.98. The fourth-order valence-corrected chi connectivity index (χ4v) is 3.21. The Bertz CT molecular complexity index is 912. The quantitative estimate of drug-likeness (QED) is 0.0863. The summed E-state index contributed by atoms with van der Waals surface area (Å²) in [6, 6.07) is 6.44. The molecule has 0 radical (unpaired) electrons. The molecule has 11 nitrogen and oxygen atoms in total. The third-order valence-corrected chi connectivity index (χ3v) is 4.83. The monoisotopic (exact) mass is 442 g/mol. The number of carbonyl (C=O) groups excluding carboxylic acids is 2. The van der Waals surface area contributed by atoms with Crippen LogP contribution in [0, 0.1) is 10.8 Å². The first-order valence-corrected chi connectivity index (χ1v) is 10.2. The van der Waals surface area contributed by atoms with E-state index in [9.17, 15) is 9.59 Å². The predicted octanol–water partition coefficient (Wildman–Crippen LogP) is 0.568. The van der Waals surface area contributed by atoms with Crippen LogP contribution in [0.5, 0.6) is 0 Å². The van der Waals surface area contributed by atoms with Gasteiger partial charge in [-0.25, -0.2) is 0 Å². The van der Waals surface area contributed by atoms with Crippen LogP contribution in [0.15, 0.2) is 47.8 Å². The summed E-state index contributed by atoms with van der Waals surface area (Å²) < 4.78 is 0. The molecule has 0 aromatic heterocycles. The molecule has 11 heteroatoms. The highest BCUT2D eigenvalue weighted by atomic mass is 16.3. The van der Waals surface area contributed by atoms with Crippen LogP contribution in [0.4, 0.5) is 5.69 Å². The van der Waals surface area contributed by atoms with Crippen LogP contribution in [-0.2, 0) is 4.79 Å². The molecule has 1 aromatic rings. The molecule has 0 atom stereocenters. The number of amidine groups is 1. The van der Waals surface area contributed by atoms with Gasteiger partial charge in [0.2, 0.25) is 0 Å². The Balaban J connectivity index is 2.16. The number of nitrogens with one attached hydrogen (secondary N) is 5. The molecule has 1 aromatic carbocycles. The Hall–Kier alpha value is -3.54. The van der Waals surface area contributed by atoms with Crippen molar-refractivity contribution in [2.45, 2.75) is 25.7 Å². The van der Waals surface area contributed by atoms with E-state index in [4.69, 9.17) is 21.8 Å². The van der Waals surface area contributed by atoms with Gasteiger partial charge in [-0.05, 0) is 43.9 Å². The Labute approximate surface area is 186 Å². The summed E-state index contributed by atoms with van der Waals surface area (Å²) in [6.45, 7) is 0.409. The number of aliphatic hydroxyl groups is 1. The van der Waals surface area contributed by atoms with Crippen LogP contribution in [0.1, 0.15) is 36.0 Å². The fourth-order valence-electron chi connectivity index (χ4n) is 3.21. The Kier molecular flexibility index (Phi) is 9.54. The smallest absolute Gasteiger partial charge is 0.255 e. The van der Waals surface area contributed by atoms with Gasteiger partial charge in [-0.15, -0.1) is 0 Å². The van der Waals surface area contributed by atoms with E-state index in [1.807, 2.05) is 6.08 Å². The number of unbranched alkanes of at least 4 members (excludes halogenated alkanes) is 1. The molecule has 0 aliphatic carbocycles. The molecule has 1 aliphatic rings. The van der Waals surface area contributed by atoms with Gasteiger partial charge in [-0.1, -0.05) is 12.1 Å². The van der Waals surface area contributed by atoms with Crippen molar-refractivity contribution < 1.29 is 14.7 Å². The zero-order valence-electron chi connectivity index (χ0n) is 18.0. The molecular weight excluding hydrogens is 412 g/mol. The van der Waals surface area contributed by atoms with Crippen LogP contribution in [0.3, 0.4) is 0 Å². The number of aliphatic hydroxyl groups excluding tert-OH is 1. The Morgan fingerprint density at radius 1 is 1.38 bits per heavy atom. The number of carbonyl (C=O) groups is 2. The van der Waals surface area contributed by atoms with Gasteiger partial charge in [-0.3, -0.25) is 36.2 Å². The first-order valence-electron chi connectivity index (χ1n) is 10.2. The Morgan fingerprint density at radius 3 is 2.81 bits per heavy atom. The topological polar surface area (TPSA) is 171 Å². The first kappa shape index (κ1) is 24.7. The molecule has 0 saturated heterocycles. The largest absolute Gasteiger partial charge is 0.396 e. The average molecular weight is 443 g/mol. The van der Waals surface area contributed by atoms with Crippen molar-refractivity contribution in [3.63, 3.8) is 0 Å². The molecule has 2 rings (SSSR count). The summed E-state index contributed by atoms with van der Waals surface area (Å²) >= 11 is 0. The summed E-state index contributed by atoms with van der Waals surface area (Å²) in [5.74, 6) is 4.50. The van der Waals surface area contributed by atoms with E-state index in [0.717, 1.165) is 6.34 Å². The van der Waals surface area contributed by atoms with Crippen LogP contribution >= 0.6 is 0 Å². The molecule has 0 unspecified atom stereocenters. The third-order valence-electron chi connectivity index (χ3n) is 4.83. The SMILES string of the molecule is CN/C=C(/NC(=O)c1cccc(N(C=N)NN)c1)C(=N)N1CCC=C(CCCCO)C1=O. The van der Waals surface area contributed by atoms with Crippen molar-refractivity contribution >= 4 is 29.7 Å². The maximum Gasteiger partial charge on any atom is 0.255 e. The lowest BCUT2D eigenvalue weighted by Crippen LogP contribution is -2.44. The minimum absolute atomic E-state index is 0.0716. The molecule has 32 heavy (non-hydrogen) atoms. The maximum atomic E-state index is 12.9. The molecule has 8 N–H and O–H groups in total. The standard InChI is InChI=1S/C21H30N8O3/c1-25-13-18(19(23)28-10-5-8-15(21(28)32)6-2-3-11-30)26-20(31)16-7-4-9-17(12-16)29(14-22)27-24/h4,7-9,12-14,22-23,25,27,30H,2-3,5-6,10-11,24H2,1H3,(H,26,31)/b18-13+,22-14?,23-19?. The van der Waals surface area contributed by atoms with E-state index in [1.165, 1.54) is 22.2 Å². The molecule has 1 aliphatic heterocycles. The van der Waals surface area contributed by atoms with Crippen molar-refractivity contribution in [2.24, 2.45) is 5.84 Å². The van der Waals surface area contributed by atoms with Crippen LogP contribution in [-0.4, -0.2) is 54.2 Å². The summed E-state index contributed by atoms with van der Waals surface area (Å²) in [5, 5.41) is 31.6. The maximum absolute atomic E-state index is 12.9. The van der Waals surface area contributed by atoms with Crippen molar-refractivity contribution in [3.8, 4) is 0 Å². The first-order chi connectivity index (χ1) is 15.5. The summed E-state index contributed by atoms with van der Waals surface area (Å²) in [4.78, 5) is 27.0. The van der Waals surface area contributed by atoms with Crippen molar-refractivity contribution in [2.75, 3.05) is 25.2 Å². The van der Waals surface area contributed by atoms with Gasteiger partial charge < -0.3 is 15.7 Å². The third kappa shape index (κ3) is 6.23. The fraction of sp³-hybridized carbons (Fsp3) is 0.333. The van der Waals surface area contributed by atoms with E-state index < -0.39 is 5.91 Å². The molecule has 0 bridgehead atoms. The number of anilines is 1. The number of benzene rings is 1. The van der Waals surface area contributed by atoms with Crippen molar-refractivity contribution in [1.29, 1.82) is 10.8 Å². The summed E-state index contributed by atoms with van der Waals surface area (Å²) in [6.07, 6.45) is 6.72.